The summed E-state index contributed by atoms with van der Waals surface area (Å²) >= 11 is 0. The summed E-state index contributed by atoms with van der Waals surface area (Å²) in [5.41, 5.74) is 5.63. The zero-order valence-corrected chi connectivity index (χ0v) is 9.61. The van der Waals surface area contributed by atoms with E-state index >= 15 is 0 Å². The number of hydrogen-bond donors (Lipinski definition) is 1. The van der Waals surface area contributed by atoms with Crippen LogP contribution >= 0.6 is 0 Å². The van der Waals surface area contributed by atoms with E-state index in [0.29, 0.717) is 0 Å². The normalized spacial score (nSPS) is 21.7. The first-order valence-corrected chi connectivity index (χ1v) is 5.37. The van der Waals surface area contributed by atoms with Gasteiger partial charge in [-0.3, -0.25) is 4.79 Å². The quantitative estimate of drug-likeness (QED) is 0.625. The van der Waals surface area contributed by atoms with E-state index in [1.54, 1.807) is 7.11 Å². The average molecular weight is 215 g/mol. The van der Waals surface area contributed by atoms with Gasteiger partial charge in [-0.05, 0) is 13.5 Å². The van der Waals surface area contributed by atoms with Crippen molar-refractivity contribution in [2.24, 2.45) is 5.73 Å². The third-order valence-electron chi connectivity index (χ3n) is 2.77. The van der Waals surface area contributed by atoms with Crippen molar-refractivity contribution in [1.29, 1.82) is 0 Å². The second kappa shape index (κ2) is 6.05. The Labute approximate surface area is 91.2 Å². The van der Waals surface area contributed by atoms with Crippen LogP contribution in [0.1, 0.15) is 6.42 Å². The molecule has 1 aliphatic rings. The van der Waals surface area contributed by atoms with Gasteiger partial charge in [-0.2, -0.15) is 0 Å². The van der Waals surface area contributed by atoms with Crippen molar-refractivity contribution >= 4 is 5.91 Å². The Hall–Kier alpha value is -0.650. The van der Waals surface area contributed by atoms with Crippen LogP contribution in [0.25, 0.3) is 0 Å². The number of likely N-dealkylation sites (N-methyl/N-ethyl adjacent to an activating group) is 1. The van der Waals surface area contributed by atoms with Crippen molar-refractivity contribution in [3.05, 3.63) is 0 Å². The Balaban J connectivity index is 2.17. The maximum atomic E-state index is 11.5. The lowest BCUT2D eigenvalue weighted by Gasteiger charge is -2.21. The fourth-order valence-electron chi connectivity index (χ4n) is 1.64. The van der Waals surface area contributed by atoms with E-state index < -0.39 is 0 Å². The standard InChI is InChI=1S/C10H21N3O2/c1-12(7-8-15-2)5-6-13-4-3-9(11)10(13)14/h9H,3-8,11H2,1-2H3. The molecule has 0 saturated carbocycles. The SMILES string of the molecule is COCCN(C)CCN1CCC(N)C1=O. The molecule has 1 heterocycles. The Morgan fingerprint density at radius 2 is 2.33 bits per heavy atom. The number of methoxy groups -OCH3 is 1. The van der Waals surface area contributed by atoms with Gasteiger partial charge in [-0.15, -0.1) is 0 Å². The Kier molecular flexibility index (Phi) is 5.01. The van der Waals surface area contributed by atoms with Crippen molar-refractivity contribution in [1.82, 2.24) is 9.80 Å². The largest absolute Gasteiger partial charge is 0.383 e. The van der Waals surface area contributed by atoms with Crippen molar-refractivity contribution < 1.29 is 9.53 Å². The van der Waals surface area contributed by atoms with Crippen molar-refractivity contribution in [3.63, 3.8) is 0 Å². The number of likely N-dealkylation sites (tertiary alicyclic amines) is 1. The average Bonchev–Trinajstić information content (AvgIpc) is 2.54. The van der Waals surface area contributed by atoms with Crippen LogP contribution in [0.3, 0.4) is 0 Å². The van der Waals surface area contributed by atoms with Crippen LogP contribution < -0.4 is 5.73 Å². The molecule has 88 valence electrons. The van der Waals surface area contributed by atoms with Gasteiger partial charge in [0.25, 0.3) is 0 Å². The smallest absolute Gasteiger partial charge is 0.239 e. The van der Waals surface area contributed by atoms with E-state index in [1.807, 2.05) is 11.9 Å². The van der Waals surface area contributed by atoms with E-state index in [9.17, 15) is 4.79 Å². The predicted octanol–water partition coefficient (Wildman–Crippen LogP) is -0.876. The molecule has 1 rings (SSSR count). The Bertz CT molecular complexity index is 211. The summed E-state index contributed by atoms with van der Waals surface area (Å²) in [7, 11) is 3.72. The van der Waals surface area contributed by atoms with Gasteiger partial charge in [-0.25, -0.2) is 0 Å². The molecular formula is C10H21N3O2. The summed E-state index contributed by atoms with van der Waals surface area (Å²) in [4.78, 5) is 15.5. The number of nitrogens with two attached hydrogens (primary N) is 1. The Morgan fingerprint density at radius 3 is 2.87 bits per heavy atom. The van der Waals surface area contributed by atoms with E-state index in [2.05, 4.69) is 4.90 Å². The molecule has 5 heteroatoms. The highest BCUT2D eigenvalue weighted by molar-refractivity contribution is 5.83. The van der Waals surface area contributed by atoms with Gasteiger partial charge in [0.15, 0.2) is 0 Å². The second-order valence-corrected chi connectivity index (χ2v) is 4.02. The molecule has 0 radical (unpaired) electrons. The molecule has 0 aromatic carbocycles. The van der Waals surface area contributed by atoms with Gasteiger partial charge in [0.2, 0.25) is 5.91 Å². The van der Waals surface area contributed by atoms with Crippen LogP contribution in [0, 0.1) is 0 Å². The lowest BCUT2D eigenvalue weighted by Crippen LogP contribution is -2.39. The summed E-state index contributed by atoms with van der Waals surface area (Å²) in [5, 5.41) is 0. The van der Waals surface area contributed by atoms with E-state index in [4.69, 9.17) is 10.5 Å². The number of hydrogen-bond acceptors (Lipinski definition) is 4. The summed E-state index contributed by atoms with van der Waals surface area (Å²) < 4.78 is 4.98. The summed E-state index contributed by atoms with van der Waals surface area (Å²) in [5.74, 6) is 0.0927. The molecule has 0 spiro atoms. The van der Waals surface area contributed by atoms with Gasteiger partial charge in [-0.1, -0.05) is 0 Å². The molecule has 1 fully saturated rings. The molecule has 1 unspecified atom stereocenters. The number of rotatable bonds is 6. The molecule has 1 atom stereocenters. The van der Waals surface area contributed by atoms with Crippen molar-refractivity contribution in [2.75, 3.05) is 46.9 Å². The third kappa shape index (κ3) is 3.77. The van der Waals surface area contributed by atoms with Gasteiger partial charge >= 0.3 is 0 Å². The first kappa shape index (κ1) is 12.4. The van der Waals surface area contributed by atoms with Gasteiger partial charge < -0.3 is 20.3 Å². The van der Waals surface area contributed by atoms with Gasteiger partial charge in [0.1, 0.15) is 0 Å². The van der Waals surface area contributed by atoms with Crippen molar-refractivity contribution in [2.45, 2.75) is 12.5 Å². The molecule has 5 nitrogen and oxygen atoms in total. The number of carbonyl (C=O) groups is 1. The molecule has 1 saturated heterocycles. The highest BCUT2D eigenvalue weighted by Gasteiger charge is 2.27. The minimum absolute atomic E-state index is 0.0927. The van der Waals surface area contributed by atoms with E-state index in [1.165, 1.54) is 0 Å². The van der Waals surface area contributed by atoms with Gasteiger partial charge in [0, 0.05) is 33.3 Å². The fourth-order valence-corrected chi connectivity index (χ4v) is 1.64. The van der Waals surface area contributed by atoms with Gasteiger partial charge in [0.05, 0.1) is 12.6 Å². The van der Waals surface area contributed by atoms with E-state index in [0.717, 1.165) is 39.2 Å². The molecular weight excluding hydrogens is 194 g/mol. The van der Waals surface area contributed by atoms with Crippen LogP contribution in [0.2, 0.25) is 0 Å². The lowest BCUT2D eigenvalue weighted by molar-refractivity contribution is -0.128. The molecule has 1 aliphatic heterocycles. The third-order valence-corrected chi connectivity index (χ3v) is 2.77. The summed E-state index contributed by atoms with van der Waals surface area (Å²) in [6.45, 7) is 4.07. The van der Waals surface area contributed by atoms with Crippen LogP contribution in [0.15, 0.2) is 0 Å². The predicted molar refractivity (Wildman–Crippen MR) is 58.5 cm³/mol. The zero-order valence-electron chi connectivity index (χ0n) is 9.61. The minimum Gasteiger partial charge on any atom is -0.383 e. The molecule has 0 bridgehead atoms. The fraction of sp³-hybridized carbons (Fsp3) is 0.900. The number of ether oxygens (including phenoxy) is 1. The summed E-state index contributed by atoms with van der Waals surface area (Å²) in [6.07, 6.45) is 0.792. The second-order valence-electron chi connectivity index (χ2n) is 4.02. The van der Waals surface area contributed by atoms with Crippen LogP contribution in [0.4, 0.5) is 0 Å². The molecule has 1 amide bonds. The summed E-state index contributed by atoms with van der Waals surface area (Å²) in [6, 6.07) is -0.269. The molecule has 0 aromatic rings. The monoisotopic (exact) mass is 215 g/mol. The topological polar surface area (TPSA) is 58.8 Å². The maximum Gasteiger partial charge on any atom is 0.239 e. The Morgan fingerprint density at radius 1 is 1.60 bits per heavy atom. The van der Waals surface area contributed by atoms with Crippen molar-refractivity contribution in [3.8, 4) is 0 Å². The molecule has 0 aromatic heterocycles. The number of carbonyl (C=O) groups excluding carboxylic acids is 1. The van der Waals surface area contributed by atoms with E-state index in [-0.39, 0.29) is 11.9 Å². The molecule has 15 heavy (non-hydrogen) atoms. The number of nitrogens with zero attached hydrogens (tertiary/aromatic N) is 2. The maximum absolute atomic E-state index is 11.5. The first-order valence-electron chi connectivity index (χ1n) is 5.37. The zero-order chi connectivity index (χ0) is 11.3. The van der Waals surface area contributed by atoms with Crippen LogP contribution in [-0.4, -0.2) is 68.7 Å². The number of amides is 1. The first-order chi connectivity index (χ1) is 7.15. The lowest BCUT2D eigenvalue weighted by atomic mass is 10.3. The highest BCUT2D eigenvalue weighted by Crippen LogP contribution is 2.08. The van der Waals surface area contributed by atoms with Crippen LogP contribution in [-0.2, 0) is 9.53 Å². The molecule has 0 aliphatic carbocycles. The molecule has 2 N–H and O–H groups in total. The highest BCUT2D eigenvalue weighted by atomic mass is 16.5. The van der Waals surface area contributed by atoms with Crippen LogP contribution in [0.5, 0.6) is 0 Å². The minimum atomic E-state index is -0.269.